The Morgan fingerprint density at radius 3 is 2.64 bits per heavy atom. The molecule has 0 saturated heterocycles. The molecule has 2 saturated carbocycles. The molecule has 0 amide bonds. The Hall–Kier alpha value is -0.570. The van der Waals surface area contributed by atoms with Crippen molar-refractivity contribution in [2.75, 3.05) is 0 Å². The van der Waals surface area contributed by atoms with Gasteiger partial charge in [-0.25, -0.2) is 0 Å². The van der Waals surface area contributed by atoms with Crippen molar-refractivity contribution >= 4 is 11.6 Å². The summed E-state index contributed by atoms with van der Waals surface area (Å²) in [7, 11) is 2.03. The van der Waals surface area contributed by atoms with Gasteiger partial charge in [0.1, 0.15) is 11.6 Å². The molecule has 2 fully saturated rings. The van der Waals surface area contributed by atoms with Gasteiger partial charge in [0, 0.05) is 13.0 Å². The average Bonchev–Trinajstić information content (AvgIpc) is 2.62. The van der Waals surface area contributed by atoms with Gasteiger partial charge in [-0.1, -0.05) is 6.42 Å². The Balaban J connectivity index is 1.87. The van der Waals surface area contributed by atoms with Crippen LogP contribution in [0.4, 0.5) is 0 Å². The van der Waals surface area contributed by atoms with Crippen molar-refractivity contribution in [1.29, 1.82) is 0 Å². The van der Waals surface area contributed by atoms with Crippen LogP contribution in [0.2, 0.25) is 0 Å². The summed E-state index contributed by atoms with van der Waals surface area (Å²) >= 11 is 5.77. The first kappa shape index (κ1) is 8.72. The molecule has 4 heteroatoms. The van der Waals surface area contributed by atoms with Crippen LogP contribution in [0, 0.1) is 11.8 Å². The van der Waals surface area contributed by atoms with Crippen LogP contribution < -0.4 is 0 Å². The number of fused-ring (bicyclic) bond motifs is 1. The summed E-state index contributed by atoms with van der Waals surface area (Å²) in [6.07, 6.45) is 4.18. The van der Waals surface area contributed by atoms with Gasteiger partial charge < -0.3 is 4.57 Å². The minimum Gasteiger partial charge on any atom is -0.317 e. The first-order valence-corrected chi connectivity index (χ1v) is 5.80. The van der Waals surface area contributed by atoms with Crippen LogP contribution in [0.1, 0.15) is 36.8 Å². The van der Waals surface area contributed by atoms with Crippen molar-refractivity contribution in [3.63, 3.8) is 0 Å². The zero-order chi connectivity index (χ0) is 9.71. The van der Waals surface area contributed by atoms with E-state index in [1.165, 1.54) is 19.3 Å². The van der Waals surface area contributed by atoms with Gasteiger partial charge in [0.05, 0.1) is 5.88 Å². The molecule has 0 aromatic carbocycles. The largest absolute Gasteiger partial charge is 0.317 e. The molecule has 2 aliphatic carbocycles. The minimum atomic E-state index is 0.464. The van der Waals surface area contributed by atoms with Crippen molar-refractivity contribution in [2.24, 2.45) is 18.9 Å². The molecule has 3 rings (SSSR count). The Bertz CT molecular complexity index is 350. The monoisotopic (exact) mass is 211 g/mol. The summed E-state index contributed by atoms with van der Waals surface area (Å²) in [6, 6.07) is 0. The fraction of sp³-hybridized carbons (Fsp3) is 0.800. The smallest absolute Gasteiger partial charge is 0.147 e. The van der Waals surface area contributed by atoms with Crippen LogP contribution >= 0.6 is 11.6 Å². The molecule has 0 radical (unpaired) electrons. The maximum atomic E-state index is 5.77. The fourth-order valence-electron chi connectivity index (χ4n) is 2.99. The van der Waals surface area contributed by atoms with Crippen LogP contribution in [0.25, 0.3) is 0 Å². The first-order valence-electron chi connectivity index (χ1n) is 5.27. The van der Waals surface area contributed by atoms with Crippen molar-refractivity contribution in [2.45, 2.75) is 31.1 Å². The lowest BCUT2D eigenvalue weighted by molar-refractivity contribution is 0.633. The molecule has 3 nitrogen and oxygen atoms in total. The zero-order valence-electron chi connectivity index (χ0n) is 8.28. The highest BCUT2D eigenvalue weighted by molar-refractivity contribution is 6.16. The Morgan fingerprint density at radius 2 is 2.07 bits per heavy atom. The SMILES string of the molecule is Cn1c(CCl)nnc1C1C2CCCC21. The highest BCUT2D eigenvalue weighted by atomic mass is 35.5. The van der Waals surface area contributed by atoms with Crippen molar-refractivity contribution in [3.05, 3.63) is 11.6 Å². The third-order valence-electron chi connectivity index (χ3n) is 3.82. The van der Waals surface area contributed by atoms with E-state index in [0.29, 0.717) is 11.8 Å². The second kappa shape index (κ2) is 2.96. The quantitative estimate of drug-likeness (QED) is 0.702. The normalized spacial score (nSPS) is 34.6. The second-order valence-electron chi connectivity index (χ2n) is 4.45. The van der Waals surface area contributed by atoms with E-state index in [-0.39, 0.29) is 0 Å². The molecule has 14 heavy (non-hydrogen) atoms. The fourth-order valence-corrected chi connectivity index (χ4v) is 3.22. The predicted molar refractivity (Wildman–Crippen MR) is 54.1 cm³/mol. The molecule has 0 aliphatic heterocycles. The van der Waals surface area contributed by atoms with Crippen LogP contribution in [0.15, 0.2) is 0 Å². The van der Waals surface area contributed by atoms with Crippen LogP contribution in [-0.4, -0.2) is 14.8 Å². The van der Waals surface area contributed by atoms with Gasteiger partial charge in [-0.05, 0) is 24.7 Å². The molecule has 0 bridgehead atoms. The third kappa shape index (κ3) is 1.05. The van der Waals surface area contributed by atoms with Crippen molar-refractivity contribution < 1.29 is 0 Å². The molecule has 2 unspecified atom stereocenters. The number of alkyl halides is 1. The number of hydrogen-bond acceptors (Lipinski definition) is 2. The topological polar surface area (TPSA) is 30.7 Å². The van der Waals surface area contributed by atoms with E-state index in [1.54, 1.807) is 0 Å². The number of rotatable bonds is 2. The zero-order valence-corrected chi connectivity index (χ0v) is 9.04. The Kier molecular flexibility index (Phi) is 1.84. The lowest BCUT2D eigenvalue weighted by atomic mass is 10.1. The van der Waals surface area contributed by atoms with Crippen molar-refractivity contribution in [3.8, 4) is 0 Å². The van der Waals surface area contributed by atoms with E-state index in [0.717, 1.165) is 23.5 Å². The summed E-state index contributed by atoms with van der Waals surface area (Å²) in [5.41, 5.74) is 0. The number of halogens is 1. The molecule has 1 heterocycles. The van der Waals surface area contributed by atoms with Gasteiger partial charge >= 0.3 is 0 Å². The molecule has 0 N–H and O–H groups in total. The summed E-state index contributed by atoms with van der Waals surface area (Å²) in [4.78, 5) is 0. The summed E-state index contributed by atoms with van der Waals surface area (Å²) in [5, 5.41) is 8.36. The number of nitrogens with zero attached hydrogens (tertiary/aromatic N) is 3. The van der Waals surface area contributed by atoms with Crippen LogP contribution in [0.5, 0.6) is 0 Å². The summed E-state index contributed by atoms with van der Waals surface area (Å²) in [5.74, 6) is 5.02. The van der Waals surface area contributed by atoms with Gasteiger partial charge in [-0.2, -0.15) is 0 Å². The molecule has 0 spiro atoms. The molecular weight excluding hydrogens is 198 g/mol. The van der Waals surface area contributed by atoms with Gasteiger partial charge in [0.25, 0.3) is 0 Å². The highest BCUT2D eigenvalue weighted by Crippen LogP contribution is 2.62. The van der Waals surface area contributed by atoms with Gasteiger partial charge in [0.2, 0.25) is 0 Å². The minimum absolute atomic E-state index is 0.464. The molecule has 2 atom stereocenters. The lowest BCUT2D eigenvalue weighted by Crippen LogP contribution is -2.01. The average molecular weight is 212 g/mol. The van der Waals surface area contributed by atoms with Crippen LogP contribution in [0.3, 0.4) is 0 Å². The summed E-state index contributed by atoms with van der Waals surface area (Å²) < 4.78 is 2.08. The van der Waals surface area contributed by atoms with Gasteiger partial charge in [-0.15, -0.1) is 21.8 Å². The molecular formula is C10H14ClN3. The number of aromatic nitrogens is 3. The van der Waals surface area contributed by atoms with E-state index < -0.39 is 0 Å². The van der Waals surface area contributed by atoms with Crippen LogP contribution in [-0.2, 0) is 12.9 Å². The molecule has 1 aromatic heterocycles. The summed E-state index contributed by atoms with van der Waals surface area (Å²) in [6.45, 7) is 0. The van der Waals surface area contributed by atoms with Gasteiger partial charge in [-0.3, -0.25) is 0 Å². The second-order valence-corrected chi connectivity index (χ2v) is 4.72. The van der Waals surface area contributed by atoms with E-state index in [2.05, 4.69) is 14.8 Å². The molecule has 1 aromatic rings. The highest BCUT2D eigenvalue weighted by Gasteiger charge is 2.55. The predicted octanol–water partition coefficient (Wildman–Crippen LogP) is 2.07. The Morgan fingerprint density at radius 1 is 1.36 bits per heavy atom. The van der Waals surface area contributed by atoms with E-state index in [1.807, 2.05) is 7.05 Å². The van der Waals surface area contributed by atoms with E-state index in [4.69, 9.17) is 11.6 Å². The maximum absolute atomic E-state index is 5.77. The lowest BCUT2D eigenvalue weighted by Gasteiger charge is -2.03. The first-order chi connectivity index (χ1) is 6.83. The van der Waals surface area contributed by atoms with E-state index in [9.17, 15) is 0 Å². The maximum Gasteiger partial charge on any atom is 0.147 e. The Labute approximate surface area is 88.5 Å². The number of hydrogen-bond donors (Lipinski definition) is 0. The third-order valence-corrected chi connectivity index (χ3v) is 4.06. The van der Waals surface area contributed by atoms with E-state index >= 15 is 0 Å². The van der Waals surface area contributed by atoms with Gasteiger partial charge in [0.15, 0.2) is 0 Å². The molecule has 76 valence electrons. The van der Waals surface area contributed by atoms with Crippen molar-refractivity contribution in [1.82, 2.24) is 14.8 Å². The molecule has 2 aliphatic rings. The standard InChI is InChI=1S/C10H14ClN3/c1-14-8(5-11)12-13-10(14)9-6-3-2-4-7(6)9/h6-7,9H,2-5H2,1H3.